The summed E-state index contributed by atoms with van der Waals surface area (Å²) in [5.74, 6) is -2.63. The van der Waals surface area contributed by atoms with Crippen LogP contribution in [0.3, 0.4) is 0 Å². The summed E-state index contributed by atoms with van der Waals surface area (Å²) in [5.41, 5.74) is -0.357. The van der Waals surface area contributed by atoms with E-state index >= 15 is 8.78 Å². The molecule has 6 aromatic rings. The molecule has 4 heterocycles. The highest BCUT2D eigenvalue weighted by Crippen LogP contribution is 2.54. The number of alkyl halides is 2. The van der Waals surface area contributed by atoms with Crippen molar-refractivity contribution in [3.63, 3.8) is 0 Å². The van der Waals surface area contributed by atoms with Crippen LogP contribution in [0.2, 0.25) is 0 Å². The molecule has 2 fully saturated rings. The lowest BCUT2D eigenvalue weighted by Crippen LogP contribution is -2.26. The van der Waals surface area contributed by atoms with E-state index in [9.17, 15) is 38.8 Å². The van der Waals surface area contributed by atoms with Gasteiger partial charge in [-0.2, -0.15) is 0 Å². The Morgan fingerprint density at radius 3 is 1.57 bits per heavy atom. The van der Waals surface area contributed by atoms with Crippen LogP contribution < -0.4 is 18.9 Å². The number of carbonyl (C=O) groups excluding carboxylic acids is 2. The molecule has 4 aliphatic rings. The van der Waals surface area contributed by atoms with Gasteiger partial charge in [-0.3, -0.25) is 9.59 Å². The molecule has 0 amide bonds. The van der Waals surface area contributed by atoms with E-state index in [2.05, 4.69) is 30.2 Å². The summed E-state index contributed by atoms with van der Waals surface area (Å²) < 4.78 is 130. The van der Waals surface area contributed by atoms with Crippen molar-refractivity contribution in [3.05, 3.63) is 118 Å². The topological polar surface area (TPSA) is 162 Å². The van der Waals surface area contributed by atoms with E-state index in [1.165, 1.54) is 18.2 Å². The number of aliphatic hydroxyl groups is 4. The van der Waals surface area contributed by atoms with Crippen molar-refractivity contribution in [2.24, 2.45) is 0 Å². The Balaban J connectivity index is 0.000000191. The molecule has 2 saturated carbocycles. The van der Waals surface area contributed by atoms with Crippen LogP contribution in [0.15, 0.2) is 72.8 Å². The summed E-state index contributed by atoms with van der Waals surface area (Å²) in [6, 6.07) is 17.7. The first kappa shape index (κ1) is 43.6. The number of halogens is 4. The summed E-state index contributed by atoms with van der Waals surface area (Å²) >= 11 is 0. The summed E-state index contributed by atoms with van der Waals surface area (Å²) in [6.45, 7) is 9.17. The van der Waals surface area contributed by atoms with Crippen LogP contribution in [0.5, 0.6) is 23.0 Å². The summed E-state index contributed by atoms with van der Waals surface area (Å²) in [4.78, 5) is 27.3. The van der Waals surface area contributed by atoms with Gasteiger partial charge in [0.2, 0.25) is 6.75 Å². The average Bonchev–Trinajstić information content (AvgIpc) is 1.84. The molecule has 2 atom stereocenters. The fourth-order valence-electron chi connectivity index (χ4n) is 9.62. The Morgan fingerprint density at radius 2 is 1.10 bits per heavy atom. The number of aliphatic hydroxyl groups excluding tert-OH is 4. The molecule has 2 aromatic heterocycles. The van der Waals surface area contributed by atoms with Gasteiger partial charge >= 0.3 is 6.29 Å². The normalized spacial score (nSPS) is 21.0. The molecule has 12 nitrogen and oxygen atoms in total. The standard InChI is InChI=1S/C28H30F3NO5.C28H32FNO5/c1-4-26(2,3)24-10-17-9-16(20(29)13-21(17)32(24)14-19(34)15-33)11-25(35)27(7-8-27)18-5-6-22-23(12-18)37-28(30,31)36-22;1-4-27(2,3)25-10-18-9-17(21(29)13-22(18)30(25)14-20(32)15-31)11-26(33)28(7-8-28)19-5-6-23-24(12-19)35-16-34-23/h5-6,9-10,12-13,19,33-34H,4,7-8,11,14-15H2,1-3H3;5-6,9-10,12-13,20,31-32H,4,7-8,11,14-16H2,1-3H3/t19-;20-/m11/s1/i7D2,8D2;16D2. The number of hydrogen-bond donors (Lipinski definition) is 4. The second kappa shape index (κ2) is 18.8. The molecule has 0 spiro atoms. The van der Waals surface area contributed by atoms with E-state index in [0.717, 1.165) is 47.0 Å². The molecule has 0 radical (unpaired) electrons. The van der Waals surface area contributed by atoms with Gasteiger partial charge in [0.25, 0.3) is 0 Å². The smallest absolute Gasteiger partial charge is 0.454 e. The van der Waals surface area contributed by atoms with Crippen LogP contribution in [0, 0.1) is 11.6 Å². The van der Waals surface area contributed by atoms with Crippen LogP contribution >= 0.6 is 0 Å². The van der Waals surface area contributed by atoms with Gasteiger partial charge in [-0.25, -0.2) is 8.78 Å². The number of Topliss-reactive ketones (excluding diaryl/α,β-unsaturated/α-hetero) is 2. The number of hydrogen-bond acceptors (Lipinski definition) is 10. The van der Waals surface area contributed by atoms with E-state index in [-0.39, 0.29) is 64.5 Å². The molecule has 0 saturated heterocycles. The first-order valence-electron chi connectivity index (χ1n) is 27.0. The van der Waals surface area contributed by atoms with Gasteiger partial charge in [0, 0.05) is 51.3 Å². The van der Waals surface area contributed by atoms with Gasteiger partial charge in [0.1, 0.15) is 25.9 Å². The molecule has 4 N–H and O–H groups in total. The van der Waals surface area contributed by atoms with Gasteiger partial charge in [-0.05, 0) is 121 Å². The van der Waals surface area contributed by atoms with E-state index < -0.39 is 91.6 Å². The van der Waals surface area contributed by atoms with E-state index in [1.807, 2.05) is 31.4 Å². The number of ether oxygens (including phenoxy) is 4. The zero-order valence-corrected chi connectivity index (χ0v) is 40.8. The van der Waals surface area contributed by atoms with Crippen molar-refractivity contribution in [3.8, 4) is 23.0 Å². The molecule has 10 rings (SSSR count). The van der Waals surface area contributed by atoms with Crippen LogP contribution in [-0.2, 0) is 57.2 Å². The largest absolute Gasteiger partial charge is 0.586 e. The molecular formula is C56H62F4N2O10. The third kappa shape index (κ3) is 9.46. The van der Waals surface area contributed by atoms with Gasteiger partial charge in [-0.15, -0.1) is 8.78 Å². The highest BCUT2D eigenvalue weighted by Gasteiger charge is 2.53. The van der Waals surface area contributed by atoms with Crippen molar-refractivity contribution in [1.29, 1.82) is 0 Å². The van der Waals surface area contributed by atoms with Crippen molar-refractivity contribution in [1.82, 2.24) is 9.13 Å². The van der Waals surface area contributed by atoms with Gasteiger partial charge in [0.15, 0.2) is 23.0 Å². The quantitative estimate of drug-likeness (QED) is 0.0611. The Kier molecular flexibility index (Phi) is 11.4. The van der Waals surface area contributed by atoms with Crippen LogP contribution in [0.25, 0.3) is 21.8 Å². The minimum absolute atomic E-state index is 0.00314. The maximum atomic E-state index is 15.5. The number of carbonyl (C=O) groups is 2. The molecule has 4 aromatic carbocycles. The third-order valence-electron chi connectivity index (χ3n) is 14.9. The lowest BCUT2D eigenvalue weighted by molar-refractivity contribution is -0.286. The van der Waals surface area contributed by atoms with Crippen LogP contribution in [-0.4, -0.2) is 79.6 Å². The summed E-state index contributed by atoms with van der Waals surface area (Å²) in [5, 5.41) is 40.4. The minimum Gasteiger partial charge on any atom is -0.454 e. The number of rotatable bonds is 18. The van der Waals surface area contributed by atoms with Crippen molar-refractivity contribution < 1.29 is 74.7 Å². The number of ketones is 2. The molecule has 0 bridgehead atoms. The monoisotopic (exact) mass is 1000 g/mol. The maximum absolute atomic E-state index is 15.5. The van der Waals surface area contributed by atoms with Gasteiger partial charge < -0.3 is 48.5 Å². The fourth-order valence-corrected chi connectivity index (χ4v) is 9.62. The Bertz CT molecular complexity index is 3360. The number of benzene rings is 4. The predicted molar refractivity (Wildman–Crippen MR) is 261 cm³/mol. The van der Waals surface area contributed by atoms with E-state index in [4.69, 9.17) is 17.7 Å². The maximum Gasteiger partial charge on any atom is 0.586 e. The van der Waals surface area contributed by atoms with E-state index in [0.29, 0.717) is 41.2 Å². The number of aromatic nitrogens is 2. The SMILES string of the molecule is [2H]C1([2H])C([2H])([2H])C1(C(=O)Cc1cc2cc(C(C)(C)CC)n(C[C@@H](O)CO)c2cc1F)c1ccc2c(c1)OC(F)(F)O2.[2H]C1([2H])Oc2ccc(C3(C(=O)Cc4cc5cc(C(C)(C)CC)n(C[C@@H](O)CO)c5cc4F)CC3)cc2O1. The zero-order chi connectivity index (χ0) is 57.1. The first-order chi connectivity index (χ1) is 36.3. The molecule has 384 valence electrons. The van der Waals surface area contributed by atoms with Crippen molar-refractivity contribution >= 4 is 33.4 Å². The Morgan fingerprint density at radius 1 is 0.653 bits per heavy atom. The fraction of sp³-hybridized carbons (Fsp3) is 0.464. The number of fused-ring (bicyclic) bond motifs is 4. The highest BCUT2D eigenvalue weighted by molar-refractivity contribution is 5.97. The number of nitrogens with zero attached hydrogens (tertiary/aromatic N) is 2. The van der Waals surface area contributed by atoms with Crippen LogP contribution in [0.1, 0.15) is 122 Å². The third-order valence-corrected chi connectivity index (χ3v) is 14.9. The highest BCUT2D eigenvalue weighted by atomic mass is 19.3. The van der Waals surface area contributed by atoms with Crippen molar-refractivity contribution in [2.75, 3.05) is 20.0 Å². The molecule has 72 heavy (non-hydrogen) atoms. The first-order valence-corrected chi connectivity index (χ1v) is 24.0. The second-order valence-corrected chi connectivity index (χ2v) is 20.5. The van der Waals surface area contributed by atoms with E-state index in [1.54, 1.807) is 34.9 Å². The Hall–Kier alpha value is -5.94. The van der Waals surface area contributed by atoms with Gasteiger partial charge in [0.05, 0.1) is 60.4 Å². The molecule has 0 unspecified atom stereocenters. The molecule has 2 aliphatic carbocycles. The van der Waals surface area contributed by atoms with Gasteiger partial charge in [-0.1, -0.05) is 53.7 Å². The average molecular weight is 1010 g/mol. The lowest BCUT2D eigenvalue weighted by Gasteiger charge is -2.26. The van der Waals surface area contributed by atoms with Crippen LogP contribution in [0.4, 0.5) is 17.6 Å². The predicted octanol–water partition coefficient (Wildman–Crippen LogP) is 9.38. The van der Waals surface area contributed by atoms with Crippen molar-refractivity contribution in [2.45, 2.75) is 146 Å². The Labute approximate surface area is 423 Å². The molecule has 2 aliphatic heterocycles. The second-order valence-electron chi connectivity index (χ2n) is 20.5. The summed E-state index contributed by atoms with van der Waals surface area (Å²) in [7, 11) is 0. The molecule has 16 heteroatoms. The lowest BCUT2D eigenvalue weighted by atomic mass is 9.86. The molecular weight excluding hydrogens is 937 g/mol. The summed E-state index contributed by atoms with van der Waals surface area (Å²) in [6.07, 6.45) is -9.44. The minimum atomic E-state index is -3.97. The zero-order valence-electron chi connectivity index (χ0n) is 46.8.